The molecule has 2 aliphatic rings. The van der Waals surface area contributed by atoms with E-state index in [0.717, 1.165) is 32.1 Å². The van der Waals surface area contributed by atoms with Crippen LogP contribution in [-0.4, -0.2) is 31.1 Å². The Morgan fingerprint density at radius 2 is 1.86 bits per heavy atom. The molecule has 2 heterocycles. The fourth-order valence-electron chi connectivity index (χ4n) is 4.55. The van der Waals surface area contributed by atoms with Crippen LogP contribution < -0.4 is 25.3 Å². The molecule has 0 atom stereocenters. The van der Waals surface area contributed by atoms with Crippen molar-refractivity contribution >= 4 is 38.5 Å². The van der Waals surface area contributed by atoms with E-state index in [-0.39, 0.29) is 16.8 Å². The van der Waals surface area contributed by atoms with Crippen LogP contribution in [0.3, 0.4) is 0 Å². The Hall–Kier alpha value is -3.28. The SMILES string of the molecule is COc1ccc2c(c1)=C(c1sc(=Nc3ccc(S(N)(=O)=O)cc3)n(C3CCCCC3)c1O)C(=O)N=2. The summed E-state index contributed by atoms with van der Waals surface area (Å²) < 4.78 is 30.3. The third-order valence-corrected chi connectivity index (χ3v) is 8.29. The van der Waals surface area contributed by atoms with Crippen LogP contribution >= 0.6 is 11.3 Å². The van der Waals surface area contributed by atoms with E-state index in [2.05, 4.69) is 4.99 Å². The maximum atomic E-state index is 12.9. The quantitative estimate of drug-likeness (QED) is 0.539. The number of rotatable bonds is 5. The number of methoxy groups -OCH3 is 1. The molecule has 0 saturated heterocycles. The molecule has 1 aliphatic heterocycles. The van der Waals surface area contributed by atoms with Gasteiger partial charge < -0.3 is 9.84 Å². The van der Waals surface area contributed by atoms with Crippen LogP contribution in [-0.2, 0) is 14.8 Å². The normalized spacial score (nSPS) is 16.9. The van der Waals surface area contributed by atoms with Crippen molar-refractivity contribution in [3.8, 4) is 11.6 Å². The average Bonchev–Trinajstić information content (AvgIpc) is 3.33. The summed E-state index contributed by atoms with van der Waals surface area (Å²) in [5.41, 5.74) is 0.821. The molecule has 11 heteroatoms. The number of carbonyl (C=O) groups is 1. The molecule has 0 bridgehead atoms. The number of nitrogens with zero attached hydrogens (tertiary/aromatic N) is 3. The molecule has 5 rings (SSSR count). The van der Waals surface area contributed by atoms with Gasteiger partial charge in [0.05, 0.1) is 28.6 Å². The monoisotopic (exact) mass is 512 g/mol. The summed E-state index contributed by atoms with van der Waals surface area (Å²) in [6.45, 7) is 0. The summed E-state index contributed by atoms with van der Waals surface area (Å²) in [5, 5.41) is 17.7. The van der Waals surface area contributed by atoms with E-state index in [1.165, 1.54) is 23.5 Å². The zero-order valence-electron chi connectivity index (χ0n) is 19.0. The molecule has 1 saturated carbocycles. The van der Waals surface area contributed by atoms with Gasteiger partial charge in [-0.1, -0.05) is 30.6 Å². The second-order valence-corrected chi connectivity index (χ2v) is 11.1. The van der Waals surface area contributed by atoms with Crippen LogP contribution in [0.1, 0.15) is 43.0 Å². The van der Waals surface area contributed by atoms with Gasteiger partial charge in [0.15, 0.2) is 4.80 Å². The number of hydrogen-bond acceptors (Lipinski definition) is 7. The second kappa shape index (κ2) is 9.06. The molecule has 3 aromatic rings. The molecule has 9 nitrogen and oxygen atoms in total. The number of benzene rings is 2. The topological polar surface area (TPSA) is 136 Å². The van der Waals surface area contributed by atoms with E-state index in [0.29, 0.717) is 37.3 Å². The molecule has 0 spiro atoms. The smallest absolute Gasteiger partial charge is 0.279 e. The zero-order chi connectivity index (χ0) is 24.7. The van der Waals surface area contributed by atoms with Crippen LogP contribution in [0.2, 0.25) is 0 Å². The lowest BCUT2D eigenvalue weighted by molar-refractivity contribution is -0.112. The number of aromatic nitrogens is 1. The lowest BCUT2D eigenvalue weighted by Gasteiger charge is -2.23. The van der Waals surface area contributed by atoms with E-state index in [4.69, 9.17) is 14.9 Å². The highest BCUT2D eigenvalue weighted by Crippen LogP contribution is 2.36. The predicted molar refractivity (Wildman–Crippen MR) is 130 cm³/mol. The number of fused-ring (bicyclic) bond motifs is 1. The van der Waals surface area contributed by atoms with Crippen molar-refractivity contribution in [1.82, 2.24) is 4.57 Å². The van der Waals surface area contributed by atoms with Gasteiger partial charge >= 0.3 is 0 Å². The maximum absolute atomic E-state index is 12.9. The van der Waals surface area contributed by atoms with Crippen LogP contribution in [0.15, 0.2) is 57.3 Å². The number of primary sulfonamides is 1. The van der Waals surface area contributed by atoms with Crippen molar-refractivity contribution in [2.24, 2.45) is 15.1 Å². The van der Waals surface area contributed by atoms with E-state index in [1.54, 1.807) is 42.0 Å². The highest BCUT2D eigenvalue weighted by molar-refractivity contribution is 7.89. The Balaban J connectivity index is 1.72. The maximum Gasteiger partial charge on any atom is 0.279 e. The fourth-order valence-corrected chi connectivity index (χ4v) is 6.23. The summed E-state index contributed by atoms with van der Waals surface area (Å²) >= 11 is 1.21. The van der Waals surface area contributed by atoms with Crippen molar-refractivity contribution < 1.29 is 23.1 Å². The molecule has 2 aromatic carbocycles. The van der Waals surface area contributed by atoms with Crippen LogP contribution in [0.25, 0.3) is 5.57 Å². The van der Waals surface area contributed by atoms with Crippen LogP contribution in [0, 0.1) is 0 Å². The minimum Gasteiger partial charge on any atom is -0.497 e. The Bertz CT molecular complexity index is 1610. The van der Waals surface area contributed by atoms with E-state index < -0.39 is 15.9 Å². The zero-order valence-corrected chi connectivity index (χ0v) is 20.6. The molecule has 1 fully saturated rings. The lowest BCUT2D eigenvalue weighted by Crippen LogP contribution is -2.23. The van der Waals surface area contributed by atoms with Gasteiger partial charge in [0.25, 0.3) is 5.91 Å². The molecule has 0 radical (unpaired) electrons. The molecule has 182 valence electrons. The first-order valence-electron chi connectivity index (χ1n) is 11.2. The number of carbonyl (C=O) groups excluding carboxylic acids is 1. The number of nitrogens with two attached hydrogens (primary N) is 1. The van der Waals surface area contributed by atoms with Gasteiger partial charge in [-0.2, -0.15) is 0 Å². The van der Waals surface area contributed by atoms with Gasteiger partial charge in [-0.25, -0.2) is 23.5 Å². The molecule has 3 N–H and O–H groups in total. The summed E-state index contributed by atoms with van der Waals surface area (Å²) in [6, 6.07) is 11.1. The number of amides is 1. The fraction of sp³-hybridized carbons (Fsp3) is 0.292. The summed E-state index contributed by atoms with van der Waals surface area (Å²) in [7, 11) is -2.27. The Morgan fingerprint density at radius 3 is 2.51 bits per heavy atom. The highest BCUT2D eigenvalue weighted by Gasteiger charge is 2.29. The standard InChI is InChI=1S/C24H24N4O5S2/c1-33-16-9-12-19-18(13-16)20(22(29)27-19)21-23(30)28(15-5-3-2-4-6-15)24(34-21)26-14-7-10-17(11-8-14)35(25,31)32/h7-13,15,30H,2-6H2,1H3,(H2,25,31,32). The predicted octanol–water partition coefficient (Wildman–Crippen LogP) is 2.01. The van der Waals surface area contributed by atoms with Crippen molar-refractivity contribution in [2.45, 2.75) is 43.0 Å². The summed E-state index contributed by atoms with van der Waals surface area (Å²) in [6.07, 6.45) is 4.99. The Labute approximate surface area is 205 Å². The van der Waals surface area contributed by atoms with E-state index >= 15 is 0 Å². The molecule has 1 amide bonds. The summed E-state index contributed by atoms with van der Waals surface area (Å²) in [5.74, 6) is 0.142. The third kappa shape index (κ3) is 4.42. The number of aromatic hydroxyl groups is 1. The largest absolute Gasteiger partial charge is 0.497 e. The van der Waals surface area contributed by atoms with Gasteiger partial charge in [-0.15, -0.1) is 0 Å². The van der Waals surface area contributed by atoms with Crippen LogP contribution in [0.5, 0.6) is 11.6 Å². The first kappa shape index (κ1) is 23.5. The third-order valence-electron chi connectivity index (χ3n) is 6.30. The molecular weight excluding hydrogens is 488 g/mol. The van der Waals surface area contributed by atoms with Gasteiger partial charge in [0.1, 0.15) is 10.6 Å². The second-order valence-electron chi connectivity index (χ2n) is 8.52. The number of sulfonamides is 1. The van der Waals surface area contributed by atoms with Gasteiger partial charge in [-0.3, -0.25) is 9.36 Å². The average molecular weight is 513 g/mol. The number of hydrogen-bond donors (Lipinski definition) is 2. The number of thiazole rings is 1. The van der Waals surface area contributed by atoms with Crippen molar-refractivity contribution in [2.75, 3.05) is 7.11 Å². The first-order chi connectivity index (χ1) is 16.8. The van der Waals surface area contributed by atoms with Crippen LogP contribution in [0.4, 0.5) is 5.69 Å². The summed E-state index contributed by atoms with van der Waals surface area (Å²) in [4.78, 5) is 22.7. The van der Waals surface area contributed by atoms with Gasteiger partial charge in [0, 0.05) is 11.3 Å². The van der Waals surface area contributed by atoms with Crippen molar-refractivity contribution in [3.63, 3.8) is 0 Å². The Morgan fingerprint density at radius 1 is 1.14 bits per heavy atom. The lowest BCUT2D eigenvalue weighted by atomic mass is 9.95. The molecule has 1 aliphatic carbocycles. The van der Waals surface area contributed by atoms with E-state index in [9.17, 15) is 18.3 Å². The highest BCUT2D eigenvalue weighted by atomic mass is 32.2. The van der Waals surface area contributed by atoms with E-state index in [1.807, 2.05) is 0 Å². The Kier molecular flexibility index (Phi) is 6.07. The molecule has 35 heavy (non-hydrogen) atoms. The minimum atomic E-state index is -3.82. The number of ether oxygens (including phenoxy) is 1. The van der Waals surface area contributed by atoms with Crippen molar-refractivity contribution in [3.05, 3.63) is 62.7 Å². The molecule has 1 aromatic heterocycles. The first-order valence-corrected chi connectivity index (χ1v) is 13.6. The van der Waals surface area contributed by atoms with Crippen molar-refractivity contribution in [1.29, 1.82) is 0 Å². The van der Waals surface area contributed by atoms with Gasteiger partial charge in [0.2, 0.25) is 15.9 Å². The van der Waals surface area contributed by atoms with Gasteiger partial charge in [-0.05, 0) is 55.3 Å². The minimum absolute atomic E-state index is 0.00871. The molecular formula is C24H24N4O5S2. The molecule has 0 unspecified atom stereocenters.